The van der Waals surface area contributed by atoms with Gasteiger partial charge >= 0.3 is 0 Å². The van der Waals surface area contributed by atoms with E-state index in [1.54, 1.807) is 18.3 Å². The van der Waals surface area contributed by atoms with Gasteiger partial charge in [-0.05, 0) is 31.2 Å². The zero-order valence-corrected chi connectivity index (χ0v) is 9.67. The van der Waals surface area contributed by atoms with Crippen molar-refractivity contribution in [2.75, 3.05) is 0 Å². The van der Waals surface area contributed by atoms with E-state index >= 15 is 0 Å². The van der Waals surface area contributed by atoms with Gasteiger partial charge in [-0.15, -0.1) is 0 Å². The molecule has 0 aliphatic carbocycles. The Morgan fingerprint density at radius 1 is 1.18 bits per heavy atom. The second-order valence-electron chi connectivity index (χ2n) is 3.80. The molecule has 0 bridgehead atoms. The summed E-state index contributed by atoms with van der Waals surface area (Å²) in [6, 6.07) is 13.0. The maximum absolute atomic E-state index is 9.54. The van der Waals surface area contributed by atoms with Gasteiger partial charge < -0.3 is 5.11 Å². The Kier molecular flexibility index (Phi) is 3.50. The van der Waals surface area contributed by atoms with Crippen LogP contribution in [0, 0.1) is 6.92 Å². The van der Waals surface area contributed by atoms with E-state index in [0.717, 1.165) is 17.0 Å². The zero-order chi connectivity index (χ0) is 12.1. The highest BCUT2D eigenvalue weighted by Crippen LogP contribution is 2.13. The van der Waals surface area contributed by atoms with Crippen molar-refractivity contribution in [3.63, 3.8) is 0 Å². The van der Waals surface area contributed by atoms with Gasteiger partial charge in [0.2, 0.25) is 0 Å². The molecule has 17 heavy (non-hydrogen) atoms. The predicted octanol–water partition coefficient (Wildman–Crippen LogP) is 2.71. The van der Waals surface area contributed by atoms with Gasteiger partial charge in [0, 0.05) is 17.5 Å². The minimum absolute atomic E-state index is 0.244. The van der Waals surface area contributed by atoms with E-state index in [2.05, 4.69) is 9.98 Å². The summed E-state index contributed by atoms with van der Waals surface area (Å²) in [7, 11) is 0. The Labute approximate surface area is 100 Å². The molecule has 1 aromatic carbocycles. The first kappa shape index (κ1) is 11.3. The molecule has 86 valence electrons. The smallest absolute Gasteiger partial charge is 0.124 e. The predicted molar refractivity (Wildman–Crippen MR) is 68.4 cm³/mol. The van der Waals surface area contributed by atoms with E-state index in [4.69, 9.17) is 0 Å². The van der Waals surface area contributed by atoms with E-state index in [9.17, 15) is 5.11 Å². The molecule has 0 spiro atoms. The second-order valence-corrected chi connectivity index (χ2v) is 3.80. The Morgan fingerprint density at radius 2 is 2.00 bits per heavy atom. The molecule has 1 aromatic heterocycles. The first-order chi connectivity index (χ1) is 8.25. The molecular formula is C14H14N2O. The van der Waals surface area contributed by atoms with Crippen molar-refractivity contribution in [2.45, 2.75) is 13.5 Å². The fourth-order valence-electron chi connectivity index (χ4n) is 1.52. The first-order valence-electron chi connectivity index (χ1n) is 5.46. The van der Waals surface area contributed by atoms with Gasteiger partial charge in [0.1, 0.15) is 5.75 Å². The van der Waals surface area contributed by atoms with Crippen LogP contribution in [0.25, 0.3) is 0 Å². The van der Waals surface area contributed by atoms with Crippen molar-refractivity contribution in [2.24, 2.45) is 4.99 Å². The summed E-state index contributed by atoms with van der Waals surface area (Å²) >= 11 is 0. The maximum atomic E-state index is 9.54. The van der Waals surface area contributed by atoms with Crippen LogP contribution in [-0.4, -0.2) is 16.3 Å². The van der Waals surface area contributed by atoms with Crippen molar-refractivity contribution >= 4 is 6.21 Å². The molecule has 0 fully saturated rings. The van der Waals surface area contributed by atoms with Crippen molar-refractivity contribution in [3.8, 4) is 5.75 Å². The molecule has 0 aliphatic rings. The minimum Gasteiger partial charge on any atom is -0.507 e. The number of nitrogens with zero attached hydrogens (tertiary/aromatic N) is 2. The standard InChI is InChI=1S/C14H14N2O/c1-11-5-4-7-13(16-11)10-15-9-12-6-2-3-8-14(12)17/h2-9,17H,10H2,1H3. The van der Waals surface area contributed by atoms with Gasteiger partial charge in [-0.1, -0.05) is 18.2 Å². The van der Waals surface area contributed by atoms with E-state index in [-0.39, 0.29) is 5.75 Å². The molecule has 0 saturated carbocycles. The van der Waals surface area contributed by atoms with Crippen LogP contribution in [-0.2, 0) is 6.54 Å². The quantitative estimate of drug-likeness (QED) is 0.818. The van der Waals surface area contributed by atoms with Crippen LogP contribution in [0.2, 0.25) is 0 Å². The summed E-state index contributed by atoms with van der Waals surface area (Å²) in [5.41, 5.74) is 2.64. The highest BCUT2D eigenvalue weighted by Gasteiger charge is 1.95. The second kappa shape index (κ2) is 5.25. The fraction of sp³-hybridized carbons (Fsp3) is 0.143. The largest absolute Gasteiger partial charge is 0.507 e. The van der Waals surface area contributed by atoms with Crippen LogP contribution in [0.5, 0.6) is 5.75 Å². The van der Waals surface area contributed by atoms with E-state index in [1.807, 2.05) is 37.3 Å². The molecule has 0 amide bonds. The molecule has 0 radical (unpaired) electrons. The lowest BCUT2D eigenvalue weighted by atomic mass is 10.2. The van der Waals surface area contributed by atoms with Crippen LogP contribution < -0.4 is 0 Å². The lowest BCUT2D eigenvalue weighted by Crippen LogP contribution is -1.90. The first-order valence-corrected chi connectivity index (χ1v) is 5.46. The summed E-state index contributed by atoms with van der Waals surface area (Å²) in [5.74, 6) is 0.244. The molecule has 3 nitrogen and oxygen atoms in total. The number of aromatic hydroxyl groups is 1. The van der Waals surface area contributed by atoms with Gasteiger partial charge in [-0.3, -0.25) is 9.98 Å². The third-order valence-corrected chi connectivity index (χ3v) is 2.37. The van der Waals surface area contributed by atoms with Gasteiger partial charge in [0.15, 0.2) is 0 Å². The van der Waals surface area contributed by atoms with Gasteiger partial charge in [-0.2, -0.15) is 0 Å². The molecule has 0 unspecified atom stereocenters. The van der Waals surface area contributed by atoms with Crippen molar-refractivity contribution < 1.29 is 5.11 Å². The Hall–Kier alpha value is -2.16. The number of hydrogen-bond donors (Lipinski definition) is 1. The molecule has 3 heteroatoms. The normalized spacial score (nSPS) is 10.9. The summed E-state index contributed by atoms with van der Waals surface area (Å²) in [5, 5.41) is 9.54. The van der Waals surface area contributed by atoms with E-state index in [0.29, 0.717) is 6.54 Å². The molecule has 1 heterocycles. The molecule has 0 aliphatic heterocycles. The number of benzene rings is 1. The Morgan fingerprint density at radius 3 is 2.76 bits per heavy atom. The monoisotopic (exact) mass is 226 g/mol. The molecule has 0 saturated heterocycles. The molecule has 1 N–H and O–H groups in total. The van der Waals surface area contributed by atoms with Gasteiger partial charge in [0.25, 0.3) is 0 Å². The number of phenols is 1. The third-order valence-electron chi connectivity index (χ3n) is 2.37. The number of hydrogen-bond acceptors (Lipinski definition) is 3. The number of aromatic nitrogens is 1. The van der Waals surface area contributed by atoms with Crippen molar-refractivity contribution in [1.29, 1.82) is 0 Å². The number of phenolic OH excluding ortho intramolecular Hbond substituents is 1. The number of pyridine rings is 1. The Balaban J connectivity index is 2.06. The fourth-order valence-corrected chi connectivity index (χ4v) is 1.52. The molecule has 0 atom stereocenters. The molecular weight excluding hydrogens is 212 g/mol. The number of para-hydroxylation sites is 1. The lowest BCUT2D eigenvalue weighted by molar-refractivity contribution is 0.474. The van der Waals surface area contributed by atoms with Crippen LogP contribution in [0.3, 0.4) is 0 Å². The van der Waals surface area contributed by atoms with E-state index in [1.165, 1.54) is 0 Å². The number of aryl methyl sites for hydroxylation is 1. The van der Waals surface area contributed by atoms with Crippen molar-refractivity contribution in [1.82, 2.24) is 4.98 Å². The Bertz CT molecular complexity index is 535. The topological polar surface area (TPSA) is 45.5 Å². The van der Waals surface area contributed by atoms with Gasteiger partial charge in [-0.25, -0.2) is 0 Å². The minimum atomic E-state index is 0.244. The number of rotatable bonds is 3. The summed E-state index contributed by atoms with van der Waals surface area (Å²) in [4.78, 5) is 8.62. The van der Waals surface area contributed by atoms with Crippen LogP contribution in [0.1, 0.15) is 17.0 Å². The highest BCUT2D eigenvalue weighted by atomic mass is 16.3. The van der Waals surface area contributed by atoms with Crippen molar-refractivity contribution in [3.05, 3.63) is 59.4 Å². The maximum Gasteiger partial charge on any atom is 0.124 e. The third kappa shape index (κ3) is 3.14. The summed E-state index contributed by atoms with van der Waals surface area (Å²) in [6.07, 6.45) is 1.67. The molecule has 2 aromatic rings. The number of aliphatic imine (C=N–C) groups is 1. The summed E-state index contributed by atoms with van der Waals surface area (Å²) in [6.45, 7) is 2.48. The van der Waals surface area contributed by atoms with E-state index < -0.39 is 0 Å². The average Bonchev–Trinajstić information content (AvgIpc) is 2.32. The summed E-state index contributed by atoms with van der Waals surface area (Å²) < 4.78 is 0. The average molecular weight is 226 g/mol. The van der Waals surface area contributed by atoms with Crippen LogP contribution in [0.4, 0.5) is 0 Å². The lowest BCUT2D eigenvalue weighted by Gasteiger charge is -1.98. The SMILES string of the molecule is Cc1cccc(CN=Cc2ccccc2O)n1. The van der Waals surface area contributed by atoms with Crippen LogP contribution >= 0.6 is 0 Å². The zero-order valence-electron chi connectivity index (χ0n) is 9.67. The van der Waals surface area contributed by atoms with Gasteiger partial charge in [0.05, 0.1) is 12.2 Å². The highest BCUT2D eigenvalue weighted by molar-refractivity contribution is 5.83. The van der Waals surface area contributed by atoms with Crippen LogP contribution in [0.15, 0.2) is 47.5 Å². The molecule has 2 rings (SSSR count).